The third-order valence-electron chi connectivity index (χ3n) is 7.73. The number of aliphatic hydroxyl groups is 1. The van der Waals surface area contributed by atoms with Gasteiger partial charge in [0.1, 0.15) is 18.8 Å². The molecule has 32 heavy (non-hydrogen) atoms. The van der Waals surface area contributed by atoms with Gasteiger partial charge in [-0.1, -0.05) is 78.9 Å². The highest BCUT2D eigenvalue weighted by Crippen LogP contribution is 2.58. The fourth-order valence-electron chi connectivity index (χ4n) is 6.00. The molecule has 0 amide bonds. The van der Waals surface area contributed by atoms with E-state index >= 15 is 0 Å². The summed E-state index contributed by atoms with van der Waals surface area (Å²) in [5.74, 6) is -0.265. The average molecular weight is 429 g/mol. The SMILES string of the molecule is O=C(OCC[N+]12CCC(C(O)(c3ccccc3)c3ccccc3)(CC1)C2)c1ccccc1. The molecule has 0 saturated carbocycles. The number of ether oxygens (including phenoxy) is 1. The monoisotopic (exact) mass is 428 g/mol. The standard InChI is InChI=1S/C28H30NO3/c30-26(23-10-4-1-5-11-23)32-21-20-29-18-16-27(22-29,17-19-29)28(31,24-12-6-2-7-13-24)25-14-8-3-9-15-25/h1-15,31H,16-22H2/q+1. The molecule has 2 fully saturated rings. The van der Waals surface area contributed by atoms with Crippen molar-refractivity contribution in [2.24, 2.45) is 5.41 Å². The number of benzene rings is 3. The van der Waals surface area contributed by atoms with E-state index in [1.54, 1.807) is 12.1 Å². The molecule has 4 nitrogen and oxygen atoms in total. The first-order chi connectivity index (χ1) is 15.6. The van der Waals surface area contributed by atoms with E-state index < -0.39 is 5.60 Å². The minimum absolute atomic E-state index is 0.223. The molecule has 2 saturated heterocycles. The van der Waals surface area contributed by atoms with Crippen molar-refractivity contribution in [1.82, 2.24) is 0 Å². The molecule has 2 heterocycles. The summed E-state index contributed by atoms with van der Waals surface area (Å²) in [7, 11) is 0. The van der Waals surface area contributed by atoms with Crippen LogP contribution in [0.3, 0.4) is 0 Å². The summed E-state index contributed by atoms with van der Waals surface area (Å²) in [6, 6.07) is 29.4. The van der Waals surface area contributed by atoms with Crippen molar-refractivity contribution >= 4 is 5.97 Å². The molecule has 2 aliphatic heterocycles. The lowest BCUT2D eigenvalue weighted by atomic mass is 9.63. The van der Waals surface area contributed by atoms with Gasteiger partial charge in [-0.15, -0.1) is 0 Å². The van der Waals surface area contributed by atoms with Crippen molar-refractivity contribution in [1.29, 1.82) is 0 Å². The highest BCUT2D eigenvalue weighted by atomic mass is 16.5. The van der Waals surface area contributed by atoms with Crippen molar-refractivity contribution in [3.63, 3.8) is 0 Å². The molecule has 3 aromatic rings. The Kier molecular flexibility index (Phi) is 5.36. The van der Waals surface area contributed by atoms with Crippen LogP contribution in [0.2, 0.25) is 0 Å². The second-order valence-corrected chi connectivity index (χ2v) is 9.40. The lowest BCUT2D eigenvalue weighted by molar-refractivity contribution is -0.909. The Morgan fingerprint density at radius 1 is 0.844 bits per heavy atom. The minimum Gasteiger partial charge on any atom is -0.456 e. The summed E-state index contributed by atoms with van der Waals surface area (Å²) < 4.78 is 6.51. The fraction of sp³-hybridized carbons (Fsp3) is 0.321. The maximum Gasteiger partial charge on any atom is 0.338 e. The molecule has 0 aromatic heterocycles. The van der Waals surface area contributed by atoms with Crippen LogP contribution in [0.5, 0.6) is 0 Å². The number of carbonyl (C=O) groups excluding carboxylic acids is 1. The number of nitrogens with zero attached hydrogens (tertiary/aromatic N) is 1. The molecule has 5 rings (SSSR count). The first-order valence-electron chi connectivity index (χ1n) is 11.5. The number of esters is 1. The zero-order valence-corrected chi connectivity index (χ0v) is 18.3. The third kappa shape index (κ3) is 3.44. The highest BCUT2D eigenvalue weighted by molar-refractivity contribution is 5.89. The quantitative estimate of drug-likeness (QED) is 0.448. The van der Waals surface area contributed by atoms with Crippen LogP contribution in [0.4, 0.5) is 0 Å². The Morgan fingerprint density at radius 2 is 1.34 bits per heavy atom. The van der Waals surface area contributed by atoms with Crippen LogP contribution in [0.1, 0.15) is 34.3 Å². The van der Waals surface area contributed by atoms with Crippen molar-refractivity contribution in [2.75, 3.05) is 32.8 Å². The van der Waals surface area contributed by atoms with E-state index in [4.69, 9.17) is 4.74 Å². The summed E-state index contributed by atoms with van der Waals surface area (Å²) in [5, 5.41) is 12.4. The maximum atomic E-state index is 12.4. The van der Waals surface area contributed by atoms with Gasteiger partial charge < -0.3 is 14.3 Å². The van der Waals surface area contributed by atoms with Gasteiger partial charge in [-0.2, -0.15) is 0 Å². The van der Waals surface area contributed by atoms with Crippen LogP contribution in [0.25, 0.3) is 0 Å². The molecule has 2 bridgehead atoms. The van der Waals surface area contributed by atoms with Gasteiger partial charge in [0, 0.05) is 12.8 Å². The van der Waals surface area contributed by atoms with Crippen molar-refractivity contribution in [3.8, 4) is 0 Å². The molecule has 2 aliphatic rings. The second kappa shape index (κ2) is 8.19. The first-order valence-corrected chi connectivity index (χ1v) is 11.5. The van der Waals surface area contributed by atoms with Gasteiger partial charge in [0.05, 0.1) is 30.6 Å². The predicted molar refractivity (Wildman–Crippen MR) is 124 cm³/mol. The molecular formula is C28H30NO3+. The number of fused-ring (bicyclic) bond motifs is 2. The molecule has 0 radical (unpaired) electrons. The van der Waals surface area contributed by atoms with Gasteiger partial charge in [-0.05, 0) is 23.3 Å². The second-order valence-electron chi connectivity index (χ2n) is 9.40. The van der Waals surface area contributed by atoms with E-state index in [0.29, 0.717) is 12.2 Å². The average Bonchev–Trinajstić information content (AvgIpc) is 3.43. The number of rotatable bonds is 7. The Morgan fingerprint density at radius 3 is 1.88 bits per heavy atom. The smallest absolute Gasteiger partial charge is 0.338 e. The Bertz CT molecular complexity index is 1020. The van der Waals surface area contributed by atoms with Crippen LogP contribution in [-0.2, 0) is 10.3 Å². The predicted octanol–water partition coefficient (Wildman–Crippen LogP) is 4.39. The molecule has 3 aromatic carbocycles. The van der Waals surface area contributed by atoms with E-state index in [2.05, 4.69) is 24.3 Å². The van der Waals surface area contributed by atoms with Crippen LogP contribution >= 0.6 is 0 Å². The molecule has 0 atom stereocenters. The molecule has 164 valence electrons. The van der Waals surface area contributed by atoms with Gasteiger partial charge in [0.2, 0.25) is 0 Å². The Labute approximate surface area is 189 Å². The van der Waals surface area contributed by atoms with Gasteiger partial charge >= 0.3 is 5.97 Å². The van der Waals surface area contributed by atoms with Crippen LogP contribution in [-0.4, -0.2) is 48.3 Å². The topological polar surface area (TPSA) is 46.5 Å². The first kappa shape index (κ1) is 20.9. The normalized spacial score (nSPS) is 24.4. The molecule has 0 spiro atoms. The largest absolute Gasteiger partial charge is 0.456 e. The van der Waals surface area contributed by atoms with E-state index in [9.17, 15) is 9.90 Å². The number of piperidine rings is 1. The fourth-order valence-corrected chi connectivity index (χ4v) is 6.00. The van der Waals surface area contributed by atoms with Crippen LogP contribution in [0.15, 0.2) is 91.0 Å². The minimum atomic E-state index is -1.03. The third-order valence-corrected chi connectivity index (χ3v) is 7.73. The van der Waals surface area contributed by atoms with Crippen LogP contribution < -0.4 is 0 Å². The molecular weight excluding hydrogens is 398 g/mol. The Balaban J connectivity index is 1.36. The summed E-state index contributed by atoms with van der Waals surface area (Å²) >= 11 is 0. The number of hydrogen-bond donors (Lipinski definition) is 1. The lowest BCUT2D eigenvalue weighted by Crippen LogP contribution is -2.47. The molecule has 4 heteroatoms. The van der Waals surface area contributed by atoms with Crippen LogP contribution in [0, 0.1) is 5.41 Å². The van der Waals surface area contributed by atoms with Gasteiger partial charge in [-0.3, -0.25) is 0 Å². The van der Waals surface area contributed by atoms with E-state index in [1.165, 1.54) is 0 Å². The van der Waals surface area contributed by atoms with Crippen molar-refractivity contribution in [2.45, 2.75) is 18.4 Å². The number of hydrogen-bond acceptors (Lipinski definition) is 3. The van der Waals surface area contributed by atoms with E-state index in [1.807, 2.05) is 54.6 Å². The lowest BCUT2D eigenvalue weighted by Gasteiger charge is -2.42. The zero-order chi connectivity index (χ0) is 22.1. The van der Waals surface area contributed by atoms with E-state index in [0.717, 1.165) is 54.6 Å². The summed E-state index contributed by atoms with van der Waals surface area (Å²) in [6.07, 6.45) is 1.92. The maximum absolute atomic E-state index is 12.4. The molecule has 0 aliphatic carbocycles. The Hall–Kier alpha value is -2.95. The molecule has 1 N–H and O–H groups in total. The molecule has 0 unspecified atom stereocenters. The summed E-state index contributed by atoms with van der Waals surface area (Å²) in [4.78, 5) is 12.3. The summed E-state index contributed by atoms with van der Waals surface area (Å²) in [6.45, 7) is 4.10. The highest BCUT2D eigenvalue weighted by Gasteiger charge is 2.65. The zero-order valence-electron chi connectivity index (χ0n) is 18.3. The number of carbonyl (C=O) groups is 1. The van der Waals surface area contributed by atoms with E-state index in [-0.39, 0.29) is 11.4 Å². The van der Waals surface area contributed by atoms with Gasteiger partial charge in [0.25, 0.3) is 0 Å². The van der Waals surface area contributed by atoms with Crippen molar-refractivity contribution < 1.29 is 19.1 Å². The van der Waals surface area contributed by atoms with Gasteiger partial charge in [0.15, 0.2) is 0 Å². The number of quaternary nitrogens is 1. The van der Waals surface area contributed by atoms with Gasteiger partial charge in [-0.25, -0.2) is 4.79 Å². The summed E-state index contributed by atoms with van der Waals surface area (Å²) in [5.41, 5.74) is 1.26. The van der Waals surface area contributed by atoms with Crippen molar-refractivity contribution in [3.05, 3.63) is 108 Å².